The molecule has 3 aromatic carbocycles. The predicted molar refractivity (Wildman–Crippen MR) is 135 cm³/mol. The maximum atomic E-state index is 12.8. The highest BCUT2D eigenvalue weighted by molar-refractivity contribution is 5.97. The van der Waals surface area contributed by atoms with Gasteiger partial charge in [-0.25, -0.2) is 0 Å². The third-order valence-electron chi connectivity index (χ3n) is 6.33. The molecule has 2 heterocycles. The van der Waals surface area contributed by atoms with E-state index in [4.69, 9.17) is 9.47 Å². The lowest BCUT2D eigenvalue weighted by Crippen LogP contribution is -2.14. The zero-order valence-electron chi connectivity index (χ0n) is 19.8. The standard InChI is InChI=1S/C29H30N2O3/c1-30(2)13-3-14-31-15-12-25-17-22(6-10-26(25)31)16-21-4-8-24(9-5-21)27(32)18-23-7-11-28-29(19-23)34-20-33-28/h4-12,15,17,19H,3,13-14,16,18,20H2,1-2H3. The summed E-state index contributed by atoms with van der Waals surface area (Å²) in [4.78, 5) is 15.0. The molecule has 0 atom stereocenters. The topological polar surface area (TPSA) is 43.7 Å². The number of aryl methyl sites for hydroxylation is 1. The quantitative estimate of drug-likeness (QED) is 0.320. The van der Waals surface area contributed by atoms with Gasteiger partial charge in [-0.2, -0.15) is 0 Å². The lowest BCUT2D eigenvalue weighted by atomic mass is 9.99. The molecule has 0 bridgehead atoms. The van der Waals surface area contributed by atoms with Crippen molar-refractivity contribution in [2.45, 2.75) is 25.8 Å². The number of ether oxygens (including phenoxy) is 2. The van der Waals surface area contributed by atoms with Crippen molar-refractivity contribution in [1.82, 2.24) is 9.47 Å². The van der Waals surface area contributed by atoms with Crippen molar-refractivity contribution >= 4 is 16.7 Å². The van der Waals surface area contributed by atoms with E-state index in [9.17, 15) is 4.79 Å². The Morgan fingerprint density at radius 2 is 1.65 bits per heavy atom. The van der Waals surface area contributed by atoms with Gasteiger partial charge in [0.25, 0.3) is 0 Å². The molecule has 0 amide bonds. The number of fused-ring (bicyclic) bond motifs is 2. The van der Waals surface area contributed by atoms with Gasteiger partial charge in [0.1, 0.15) is 0 Å². The highest BCUT2D eigenvalue weighted by atomic mass is 16.7. The third kappa shape index (κ3) is 5.00. The first-order chi connectivity index (χ1) is 16.5. The van der Waals surface area contributed by atoms with Crippen LogP contribution in [-0.2, 0) is 19.4 Å². The maximum absolute atomic E-state index is 12.8. The number of hydrogen-bond donors (Lipinski definition) is 0. The molecule has 0 N–H and O–H groups in total. The average Bonchev–Trinajstić information content (AvgIpc) is 3.46. The summed E-state index contributed by atoms with van der Waals surface area (Å²) in [5.74, 6) is 1.54. The Labute approximate surface area is 200 Å². The molecule has 0 unspecified atom stereocenters. The fraction of sp³-hybridized carbons (Fsp3) is 0.276. The molecular weight excluding hydrogens is 424 g/mol. The summed E-state index contributed by atoms with van der Waals surface area (Å²) in [5, 5.41) is 1.28. The fourth-order valence-corrected chi connectivity index (χ4v) is 4.49. The molecule has 0 radical (unpaired) electrons. The first-order valence-electron chi connectivity index (χ1n) is 11.8. The molecule has 1 aromatic heterocycles. The van der Waals surface area contributed by atoms with Crippen LogP contribution in [0.5, 0.6) is 11.5 Å². The SMILES string of the molecule is CN(C)CCCn1ccc2cc(Cc3ccc(C(=O)Cc4ccc5c(c4)OCO5)cc3)ccc21. The van der Waals surface area contributed by atoms with E-state index in [1.54, 1.807) is 0 Å². The lowest BCUT2D eigenvalue weighted by molar-refractivity contribution is 0.0993. The number of carbonyl (C=O) groups excluding carboxylic acids is 1. The Hall–Kier alpha value is -3.57. The second-order valence-corrected chi connectivity index (χ2v) is 9.22. The van der Waals surface area contributed by atoms with Gasteiger partial charge in [0.05, 0.1) is 0 Å². The Morgan fingerprint density at radius 3 is 2.47 bits per heavy atom. The summed E-state index contributed by atoms with van der Waals surface area (Å²) in [6.07, 6.45) is 4.51. The van der Waals surface area contributed by atoms with Gasteiger partial charge in [-0.15, -0.1) is 0 Å². The van der Waals surface area contributed by atoms with Gasteiger partial charge in [0, 0.05) is 30.2 Å². The van der Waals surface area contributed by atoms with E-state index in [0.717, 1.165) is 42.8 Å². The van der Waals surface area contributed by atoms with Crippen molar-refractivity contribution in [3.8, 4) is 11.5 Å². The molecule has 0 aliphatic carbocycles. The summed E-state index contributed by atoms with van der Waals surface area (Å²) in [6, 6.07) is 22.6. The minimum atomic E-state index is 0.0995. The van der Waals surface area contributed by atoms with Gasteiger partial charge in [0.15, 0.2) is 17.3 Å². The monoisotopic (exact) mass is 454 g/mol. The van der Waals surface area contributed by atoms with Crippen molar-refractivity contribution in [1.29, 1.82) is 0 Å². The molecule has 0 saturated carbocycles. The van der Waals surface area contributed by atoms with Gasteiger partial charge in [-0.05, 0) is 85.9 Å². The van der Waals surface area contributed by atoms with Crippen LogP contribution >= 0.6 is 0 Å². The second kappa shape index (κ2) is 9.74. The average molecular weight is 455 g/mol. The van der Waals surface area contributed by atoms with Crippen molar-refractivity contribution in [2.24, 2.45) is 0 Å². The second-order valence-electron chi connectivity index (χ2n) is 9.22. The molecule has 5 heteroatoms. The van der Waals surface area contributed by atoms with Crippen LogP contribution in [0, 0.1) is 0 Å². The highest BCUT2D eigenvalue weighted by Gasteiger charge is 2.15. The Balaban J connectivity index is 1.22. The number of hydrogen-bond acceptors (Lipinski definition) is 4. The van der Waals surface area contributed by atoms with Crippen molar-refractivity contribution in [3.05, 3.63) is 95.2 Å². The normalized spacial score (nSPS) is 12.6. The van der Waals surface area contributed by atoms with Crippen LogP contribution in [-0.4, -0.2) is 42.7 Å². The van der Waals surface area contributed by atoms with E-state index in [0.29, 0.717) is 12.2 Å². The first-order valence-corrected chi connectivity index (χ1v) is 11.8. The Bertz CT molecular complexity index is 1300. The first kappa shape index (κ1) is 22.2. The van der Waals surface area contributed by atoms with E-state index >= 15 is 0 Å². The molecule has 0 saturated heterocycles. The summed E-state index contributed by atoms with van der Waals surface area (Å²) in [6.45, 7) is 2.36. The number of carbonyl (C=O) groups is 1. The van der Waals surface area contributed by atoms with Crippen LogP contribution in [0.25, 0.3) is 10.9 Å². The molecule has 5 rings (SSSR count). The van der Waals surface area contributed by atoms with Gasteiger partial charge < -0.3 is 18.9 Å². The Kier molecular flexibility index (Phi) is 6.37. The van der Waals surface area contributed by atoms with Crippen molar-refractivity contribution in [3.63, 3.8) is 0 Å². The zero-order valence-corrected chi connectivity index (χ0v) is 19.8. The van der Waals surface area contributed by atoms with Gasteiger partial charge in [-0.3, -0.25) is 4.79 Å². The fourth-order valence-electron chi connectivity index (χ4n) is 4.49. The number of nitrogens with zero attached hydrogens (tertiary/aromatic N) is 2. The van der Waals surface area contributed by atoms with Crippen LogP contribution in [0.2, 0.25) is 0 Å². The predicted octanol–water partition coefficient (Wildman–Crippen LogP) is 5.34. The molecule has 0 spiro atoms. The summed E-state index contributed by atoms with van der Waals surface area (Å²) in [7, 11) is 4.23. The van der Waals surface area contributed by atoms with E-state index < -0.39 is 0 Å². The van der Waals surface area contributed by atoms with E-state index in [1.807, 2.05) is 30.3 Å². The number of aromatic nitrogens is 1. The summed E-state index contributed by atoms with van der Waals surface area (Å²) in [5.41, 5.74) is 5.42. The van der Waals surface area contributed by atoms with Crippen LogP contribution in [0.15, 0.2) is 72.9 Å². The zero-order chi connectivity index (χ0) is 23.5. The largest absolute Gasteiger partial charge is 0.454 e. The molecule has 34 heavy (non-hydrogen) atoms. The van der Waals surface area contributed by atoms with Gasteiger partial charge >= 0.3 is 0 Å². The minimum absolute atomic E-state index is 0.0995. The summed E-state index contributed by atoms with van der Waals surface area (Å²) >= 11 is 0. The van der Waals surface area contributed by atoms with E-state index in [-0.39, 0.29) is 12.6 Å². The lowest BCUT2D eigenvalue weighted by Gasteiger charge is -2.11. The van der Waals surface area contributed by atoms with Crippen LogP contribution in [0.1, 0.15) is 33.5 Å². The highest BCUT2D eigenvalue weighted by Crippen LogP contribution is 2.32. The number of Topliss-reactive ketones (excluding diaryl/α,β-unsaturated/α-hetero) is 1. The van der Waals surface area contributed by atoms with Crippen LogP contribution in [0.3, 0.4) is 0 Å². The van der Waals surface area contributed by atoms with Crippen LogP contribution < -0.4 is 9.47 Å². The van der Waals surface area contributed by atoms with Crippen molar-refractivity contribution < 1.29 is 14.3 Å². The number of ketones is 1. The molecule has 174 valence electrons. The van der Waals surface area contributed by atoms with Gasteiger partial charge in [0.2, 0.25) is 6.79 Å². The van der Waals surface area contributed by atoms with E-state index in [1.165, 1.54) is 22.0 Å². The molecule has 5 nitrogen and oxygen atoms in total. The number of benzene rings is 3. The maximum Gasteiger partial charge on any atom is 0.231 e. The van der Waals surface area contributed by atoms with Crippen LogP contribution in [0.4, 0.5) is 0 Å². The third-order valence-corrected chi connectivity index (χ3v) is 6.33. The Morgan fingerprint density at radius 1 is 0.882 bits per heavy atom. The van der Waals surface area contributed by atoms with E-state index in [2.05, 4.69) is 66.2 Å². The molecular formula is C29H30N2O3. The van der Waals surface area contributed by atoms with Gasteiger partial charge in [-0.1, -0.05) is 36.4 Å². The molecule has 1 aliphatic heterocycles. The molecule has 1 aliphatic rings. The smallest absolute Gasteiger partial charge is 0.231 e. The number of rotatable bonds is 9. The molecule has 0 fully saturated rings. The summed E-state index contributed by atoms with van der Waals surface area (Å²) < 4.78 is 13.1. The van der Waals surface area contributed by atoms with Crippen molar-refractivity contribution in [2.75, 3.05) is 27.4 Å². The molecule has 4 aromatic rings. The minimum Gasteiger partial charge on any atom is -0.454 e.